The Kier molecular flexibility index (Phi) is 6.14. The van der Waals surface area contributed by atoms with Gasteiger partial charge in [0.05, 0.1) is 23.3 Å². The molecule has 0 radical (unpaired) electrons. The fourth-order valence-electron chi connectivity index (χ4n) is 4.10. The molecule has 1 aromatic heterocycles. The van der Waals surface area contributed by atoms with Gasteiger partial charge in [-0.1, -0.05) is 30.9 Å². The quantitative estimate of drug-likeness (QED) is 0.853. The summed E-state index contributed by atoms with van der Waals surface area (Å²) >= 11 is 6.41. The van der Waals surface area contributed by atoms with Crippen molar-refractivity contribution in [3.05, 3.63) is 21.6 Å². The van der Waals surface area contributed by atoms with Gasteiger partial charge >= 0.3 is 0 Å². The number of amides is 1. The topological polar surface area (TPSA) is 67.2 Å². The molecule has 1 aromatic rings. The molecule has 0 aromatic carbocycles. The van der Waals surface area contributed by atoms with Gasteiger partial charge in [-0.2, -0.15) is 5.10 Å². The molecule has 27 heavy (non-hydrogen) atoms. The maximum absolute atomic E-state index is 12.7. The second-order valence-corrected chi connectivity index (χ2v) is 9.24. The minimum atomic E-state index is -0.427. The van der Waals surface area contributed by atoms with E-state index >= 15 is 0 Å². The molecule has 1 saturated carbocycles. The van der Waals surface area contributed by atoms with Crippen molar-refractivity contribution in [2.75, 3.05) is 18.0 Å². The molecule has 3 rings (SSSR count). The third-order valence-electron chi connectivity index (χ3n) is 5.62. The van der Waals surface area contributed by atoms with Gasteiger partial charge in [0.1, 0.15) is 5.02 Å². The molecule has 1 atom stereocenters. The number of carbonyl (C=O) groups excluding carboxylic acids is 1. The van der Waals surface area contributed by atoms with Crippen LogP contribution in [0.15, 0.2) is 11.0 Å². The first-order valence-electron chi connectivity index (χ1n) is 10.1. The Morgan fingerprint density at radius 1 is 1.19 bits per heavy atom. The fraction of sp³-hybridized carbons (Fsp3) is 0.750. The molecule has 2 heterocycles. The highest BCUT2D eigenvalue weighted by Gasteiger charge is 2.30. The van der Waals surface area contributed by atoms with E-state index < -0.39 is 5.54 Å². The number of nitrogens with one attached hydrogen (secondary N) is 1. The molecule has 6 nitrogen and oxygen atoms in total. The highest BCUT2D eigenvalue weighted by molar-refractivity contribution is 6.33. The number of anilines is 1. The summed E-state index contributed by atoms with van der Waals surface area (Å²) in [6.07, 6.45) is 9.29. The van der Waals surface area contributed by atoms with E-state index in [1.807, 2.05) is 25.7 Å². The molecule has 1 aliphatic heterocycles. The molecule has 2 aliphatic rings. The summed E-state index contributed by atoms with van der Waals surface area (Å²) in [4.78, 5) is 27.4. The lowest BCUT2D eigenvalue weighted by atomic mass is 9.93. The van der Waals surface area contributed by atoms with E-state index in [0.717, 1.165) is 32.2 Å². The molecular weight excluding hydrogens is 364 g/mol. The Labute approximate surface area is 166 Å². The molecule has 0 bridgehead atoms. The summed E-state index contributed by atoms with van der Waals surface area (Å²) < 4.78 is 1.41. The van der Waals surface area contributed by atoms with Gasteiger partial charge in [0.25, 0.3) is 5.56 Å². The Morgan fingerprint density at radius 2 is 1.89 bits per heavy atom. The minimum Gasteiger partial charge on any atom is -0.368 e. The Morgan fingerprint density at radius 3 is 2.56 bits per heavy atom. The third kappa shape index (κ3) is 4.65. The number of carbonyl (C=O) groups is 1. The van der Waals surface area contributed by atoms with Crippen LogP contribution in [0.25, 0.3) is 0 Å². The number of halogens is 1. The maximum atomic E-state index is 12.7. The SMILES string of the molecule is CC(C)(C)n1ncc(N2CCCC(C(=O)NC3CCCCC3)C2)c(Cl)c1=O. The highest BCUT2D eigenvalue weighted by Crippen LogP contribution is 2.28. The first-order valence-corrected chi connectivity index (χ1v) is 10.5. The lowest BCUT2D eigenvalue weighted by molar-refractivity contribution is -0.126. The first kappa shape index (κ1) is 20.2. The monoisotopic (exact) mass is 394 g/mol. The molecule has 1 N–H and O–H groups in total. The maximum Gasteiger partial charge on any atom is 0.288 e. The first-order chi connectivity index (χ1) is 12.8. The number of nitrogens with zero attached hydrogens (tertiary/aromatic N) is 3. The summed E-state index contributed by atoms with van der Waals surface area (Å²) in [6.45, 7) is 7.13. The van der Waals surface area contributed by atoms with Crippen molar-refractivity contribution in [3.8, 4) is 0 Å². The zero-order valence-electron chi connectivity index (χ0n) is 16.6. The Bertz CT molecular complexity index is 734. The van der Waals surface area contributed by atoms with Gasteiger partial charge in [-0.05, 0) is 46.5 Å². The van der Waals surface area contributed by atoms with E-state index in [-0.39, 0.29) is 22.4 Å². The van der Waals surface area contributed by atoms with E-state index in [4.69, 9.17) is 11.6 Å². The Hall–Kier alpha value is -1.56. The lowest BCUT2D eigenvalue weighted by Crippen LogP contribution is -2.47. The van der Waals surface area contributed by atoms with Crippen LogP contribution in [0.3, 0.4) is 0 Å². The number of hydrogen-bond donors (Lipinski definition) is 1. The molecular formula is C20H31ClN4O2. The third-order valence-corrected chi connectivity index (χ3v) is 5.98. The van der Waals surface area contributed by atoms with Crippen molar-refractivity contribution in [1.82, 2.24) is 15.1 Å². The van der Waals surface area contributed by atoms with Gasteiger partial charge in [0.15, 0.2) is 0 Å². The zero-order valence-corrected chi connectivity index (χ0v) is 17.4. The standard InChI is InChI=1S/C20H31ClN4O2/c1-20(2,3)25-19(27)17(21)16(12-22-25)24-11-7-8-14(13-24)18(26)23-15-9-5-4-6-10-15/h12,14-15H,4-11,13H2,1-3H3,(H,23,26). The number of hydrogen-bond acceptors (Lipinski definition) is 4. The average molecular weight is 395 g/mol. The molecule has 1 aliphatic carbocycles. The second-order valence-electron chi connectivity index (χ2n) is 8.86. The van der Waals surface area contributed by atoms with Gasteiger partial charge < -0.3 is 10.2 Å². The van der Waals surface area contributed by atoms with Gasteiger partial charge in [-0.15, -0.1) is 0 Å². The predicted molar refractivity (Wildman–Crippen MR) is 108 cm³/mol. The summed E-state index contributed by atoms with van der Waals surface area (Å²) in [6, 6.07) is 0.322. The van der Waals surface area contributed by atoms with E-state index in [9.17, 15) is 9.59 Å². The van der Waals surface area contributed by atoms with Gasteiger partial charge in [-0.3, -0.25) is 9.59 Å². The highest BCUT2D eigenvalue weighted by atomic mass is 35.5. The van der Waals surface area contributed by atoms with Crippen LogP contribution in [-0.2, 0) is 10.3 Å². The van der Waals surface area contributed by atoms with Crippen molar-refractivity contribution in [2.45, 2.75) is 77.3 Å². The van der Waals surface area contributed by atoms with Crippen molar-refractivity contribution in [2.24, 2.45) is 5.92 Å². The van der Waals surface area contributed by atoms with Crippen LogP contribution in [0, 0.1) is 5.92 Å². The Balaban J connectivity index is 1.71. The summed E-state index contributed by atoms with van der Waals surface area (Å²) in [5.41, 5.74) is -0.0726. The van der Waals surface area contributed by atoms with E-state index in [0.29, 0.717) is 18.3 Å². The van der Waals surface area contributed by atoms with Crippen LogP contribution in [0.5, 0.6) is 0 Å². The summed E-state index contributed by atoms with van der Waals surface area (Å²) in [7, 11) is 0. The normalized spacial score (nSPS) is 21.9. The molecule has 0 spiro atoms. The van der Waals surface area contributed by atoms with Crippen LogP contribution >= 0.6 is 11.6 Å². The van der Waals surface area contributed by atoms with Crippen LogP contribution in [0.2, 0.25) is 5.02 Å². The van der Waals surface area contributed by atoms with E-state index in [1.165, 1.54) is 23.9 Å². The van der Waals surface area contributed by atoms with Gasteiger partial charge in [-0.25, -0.2) is 4.68 Å². The van der Waals surface area contributed by atoms with Crippen molar-refractivity contribution >= 4 is 23.2 Å². The molecule has 1 amide bonds. The van der Waals surface area contributed by atoms with Crippen molar-refractivity contribution < 1.29 is 4.79 Å². The largest absolute Gasteiger partial charge is 0.368 e. The zero-order chi connectivity index (χ0) is 19.6. The van der Waals surface area contributed by atoms with Crippen LogP contribution in [-0.4, -0.2) is 34.8 Å². The van der Waals surface area contributed by atoms with Crippen molar-refractivity contribution in [1.29, 1.82) is 0 Å². The molecule has 1 unspecified atom stereocenters. The van der Waals surface area contributed by atoms with Gasteiger partial charge in [0, 0.05) is 19.1 Å². The fourth-order valence-corrected chi connectivity index (χ4v) is 4.35. The lowest BCUT2D eigenvalue weighted by Gasteiger charge is -2.35. The average Bonchev–Trinajstić information content (AvgIpc) is 2.64. The van der Waals surface area contributed by atoms with Crippen molar-refractivity contribution in [3.63, 3.8) is 0 Å². The molecule has 7 heteroatoms. The smallest absolute Gasteiger partial charge is 0.288 e. The minimum absolute atomic E-state index is 0.0678. The van der Waals surface area contributed by atoms with Crippen LogP contribution < -0.4 is 15.8 Å². The second kappa shape index (κ2) is 8.21. The number of aromatic nitrogens is 2. The van der Waals surface area contributed by atoms with Crippen LogP contribution in [0.4, 0.5) is 5.69 Å². The summed E-state index contributed by atoms with van der Waals surface area (Å²) in [5.74, 6) is 0.0699. The predicted octanol–water partition coefficient (Wildman–Crippen LogP) is 3.32. The summed E-state index contributed by atoms with van der Waals surface area (Å²) in [5, 5.41) is 7.75. The molecule has 2 fully saturated rings. The van der Waals surface area contributed by atoms with E-state index in [2.05, 4.69) is 10.4 Å². The van der Waals surface area contributed by atoms with Gasteiger partial charge in [0.2, 0.25) is 5.91 Å². The van der Waals surface area contributed by atoms with E-state index in [1.54, 1.807) is 6.20 Å². The molecule has 150 valence electrons. The number of rotatable bonds is 3. The number of piperidine rings is 1. The molecule has 1 saturated heterocycles. The van der Waals surface area contributed by atoms with Crippen LogP contribution in [0.1, 0.15) is 65.7 Å².